The number of anilines is 1. The van der Waals surface area contributed by atoms with Crippen molar-refractivity contribution < 1.29 is 23.6 Å². The van der Waals surface area contributed by atoms with E-state index < -0.39 is 28.7 Å². The SMILES string of the molecule is Cc1ccc(C(=O)OC(C)C(=O)Nc2cc([N+](=O)[O-])ccc2Cl)cc1F. The van der Waals surface area contributed by atoms with E-state index in [2.05, 4.69) is 5.32 Å². The van der Waals surface area contributed by atoms with E-state index in [0.717, 1.165) is 12.1 Å². The molecule has 1 atom stereocenters. The van der Waals surface area contributed by atoms with Gasteiger partial charge in [0.25, 0.3) is 11.6 Å². The molecule has 0 saturated carbocycles. The van der Waals surface area contributed by atoms with Gasteiger partial charge in [-0.1, -0.05) is 17.7 Å². The standard InChI is InChI=1S/C17H14ClFN2O5/c1-9-3-4-11(7-14(9)19)17(23)26-10(2)16(22)20-15-8-12(21(24)25)5-6-13(15)18/h3-8,10H,1-2H3,(H,20,22). The molecule has 0 aromatic heterocycles. The summed E-state index contributed by atoms with van der Waals surface area (Å²) in [6.45, 7) is 2.85. The van der Waals surface area contributed by atoms with Crippen molar-refractivity contribution in [2.75, 3.05) is 5.32 Å². The molecule has 136 valence electrons. The van der Waals surface area contributed by atoms with E-state index >= 15 is 0 Å². The predicted molar refractivity (Wildman–Crippen MR) is 92.8 cm³/mol. The van der Waals surface area contributed by atoms with E-state index in [0.29, 0.717) is 5.56 Å². The van der Waals surface area contributed by atoms with Gasteiger partial charge in [-0.15, -0.1) is 0 Å². The van der Waals surface area contributed by atoms with Crippen molar-refractivity contribution in [1.29, 1.82) is 0 Å². The lowest BCUT2D eigenvalue weighted by Gasteiger charge is -2.14. The molecule has 1 amide bonds. The number of esters is 1. The van der Waals surface area contributed by atoms with Crippen LogP contribution in [0.1, 0.15) is 22.8 Å². The van der Waals surface area contributed by atoms with Crippen LogP contribution in [0.3, 0.4) is 0 Å². The van der Waals surface area contributed by atoms with Crippen LogP contribution in [0.5, 0.6) is 0 Å². The molecule has 0 fully saturated rings. The summed E-state index contributed by atoms with van der Waals surface area (Å²) in [5.74, 6) is -2.19. The summed E-state index contributed by atoms with van der Waals surface area (Å²) in [7, 11) is 0. The van der Waals surface area contributed by atoms with Gasteiger partial charge in [0.2, 0.25) is 0 Å². The van der Waals surface area contributed by atoms with Crippen LogP contribution in [-0.2, 0) is 9.53 Å². The highest BCUT2D eigenvalue weighted by Gasteiger charge is 2.21. The Bertz CT molecular complexity index is 887. The number of aryl methyl sites for hydroxylation is 1. The van der Waals surface area contributed by atoms with Crippen molar-refractivity contribution in [3.05, 3.63) is 68.5 Å². The monoisotopic (exact) mass is 380 g/mol. The molecule has 2 aromatic rings. The van der Waals surface area contributed by atoms with E-state index in [9.17, 15) is 24.1 Å². The number of nitro benzene ring substituents is 1. The number of carbonyl (C=O) groups is 2. The normalized spacial score (nSPS) is 11.5. The number of hydrogen-bond donors (Lipinski definition) is 1. The Morgan fingerprint density at radius 1 is 1.27 bits per heavy atom. The number of nitrogens with zero attached hydrogens (tertiary/aromatic N) is 1. The van der Waals surface area contributed by atoms with E-state index in [1.54, 1.807) is 6.92 Å². The van der Waals surface area contributed by atoms with E-state index in [4.69, 9.17) is 16.3 Å². The molecule has 0 radical (unpaired) electrons. The molecule has 1 N–H and O–H groups in total. The molecular formula is C17H14ClFN2O5. The quantitative estimate of drug-likeness (QED) is 0.482. The Kier molecular flexibility index (Phi) is 5.89. The fourth-order valence-corrected chi connectivity index (χ4v) is 2.12. The minimum Gasteiger partial charge on any atom is -0.449 e. The summed E-state index contributed by atoms with van der Waals surface area (Å²) in [5, 5.41) is 13.2. The number of benzene rings is 2. The van der Waals surface area contributed by atoms with Gasteiger partial charge in [-0.3, -0.25) is 14.9 Å². The third kappa shape index (κ3) is 4.54. The van der Waals surface area contributed by atoms with Gasteiger partial charge in [0.15, 0.2) is 6.10 Å². The van der Waals surface area contributed by atoms with Crippen LogP contribution < -0.4 is 5.32 Å². The molecular weight excluding hydrogens is 367 g/mol. The Balaban J connectivity index is 2.07. The molecule has 0 bridgehead atoms. The summed E-state index contributed by atoms with van der Waals surface area (Å²) in [6, 6.07) is 7.35. The molecule has 7 nitrogen and oxygen atoms in total. The fraction of sp³-hybridized carbons (Fsp3) is 0.176. The second kappa shape index (κ2) is 7.92. The van der Waals surface area contributed by atoms with Gasteiger partial charge < -0.3 is 10.1 Å². The third-order valence-corrected chi connectivity index (χ3v) is 3.81. The van der Waals surface area contributed by atoms with Crippen molar-refractivity contribution >= 4 is 34.9 Å². The molecule has 0 saturated heterocycles. The maximum atomic E-state index is 13.5. The lowest BCUT2D eigenvalue weighted by atomic mass is 10.1. The van der Waals surface area contributed by atoms with Crippen molar-refractivity contribution in [2.45, 2.75) is 20.0 Å². The number of non-ortho nitro benzene ring substituents is 1. The number of hydrogen-bond acceptors (Lipinski definition) is 5. The highest BCUT2D eigenvalue weighted by Crippen LogP contribution is 2.27. The van der Waals surface area contributed by atoms with Crippen LogP contribution >= 0.6 is 11.6 Å². The number of nitrogens with one attached hydrogen (secondary N) is 1. The summed E-state index contributed by atoms with van der Waals surface area (Å²) < 4.78 is 18.5. The van der Waals surface area contributed by atoms with Crippen molar-refractivity contribution in [1.82, 2.24) is 0 Å². The molecule has 0 spiro atoms. The second-order valence-electron chi connectivity index (χ2n) is 5.42. The first-order valence-corrected chi connectivity index (χ1v) is 7.78. The average Bonchev–Trinajstić information content (AvgIpc) is 2.58. The molecule has 2 rings (SSSR count). The van der Waals surface area contributed by atoms with Gasteiger partial charge in [0, 0.05) is 12.1 Å². The number of nitro groups is 1. The Hall–Kier alpha value is -3.00. The van der Waals surface area contributed by atoms with Gasteiger partial charge in [-0.05, 0) is 37.6 Å². The van der Waals surface area contributed by atoms with Crippen molar-refractivity contribution in [2.24, 2.45) is 0 Å². The van der Waals surface area contributed by atoms with Crippen LogP contribution in [0.25, 0.3) is 0 Å². The van der Waals surface area contributed by atoms with Crippen LogP contribution in [0.4, 0.5) is 15.8 Å². The second-order valence-corrected chi connectivity index (χ2v) is 5.83. The van der Waals surface area contributed by atoms with E-state index in [-0.39, 0.29) is 22.0 Å². The van der Waals surface area contributed by atoms with Crippen LogP contribution in [0.15, 0.2) is 36.4 Å². The maximum absolute atomic E-state index is 13.5. The Labute approximate surface area is 152 Å². The maximum Gasteiger partial charge on any atom is 0.339 e. The van der Waals surface area contributed by atoms with Crippen LogP contribution in [0.2, 0.25) is 5.02 Å². The van der Waals surface area contributed by atoms with Gasteiger partial charge in [-0.25, -0.2) is 9.18 Å². The molecule has 0 aliphatic rings. The fourth-order valence-electron chi connectivity index (χ4n) is 1.96. The smallest absolute Gasteiger partial charge is 0.339 e. The number of ether oxygens (including phenoxy) is 1. The number of rotatable bonds is 5. The minimum absolute atomic E-state index is 0.00939. The first kappa shape index (κ1) is 19.3. The topological polar surface area (TPSA) is 98.5 Å². The summed E-state index contributed by atoms with van der Waals surface area (Å²) in [6.07, 6.45) is -1.23. The molecule has 26 heavy (non-hydrogen) atoms. The zero-order chi connectivity index (χ0) is 19.4. The molecule has 1 unspecified atom stereocenters. The van der Waals surface area contributed by atoms with Crippen molar-refractivity contribution in [3.8, 4) is 0 Å². The molecule has 0 aliphatic carbocycles. The highest BCUT2D eigenvalue weighted by atomic mass is 35.5. The summed E-state index contributed by atoms with van der Waals surface area (Å²) in [5.41, 5.74) is 0.0772. The van der Waals surface area contributed by atoms with Crippen molar-refractivity contribution in [3.63, 3.8) is 0 Å². The summed E-state index contributed by atoms with van der Waals surface area (Å²) in [4.78, 5) is 34.3. The number of amides is 1. The Morgan fingerprint density at radius 3 is 2.58 bits per heavy atom. The highest BCUT2D eigenvalue weighted by molar-refractivity contribution is 6.33. The van der Waals surface area contributed by atoms with Crippen LogP contribution in [0, 0.1) is 22.9 Å². The van der Waals surface area contributed by atoms with Gasteiger partial charge in [-0.2, -0.15) is 0 Å². The van der Waals surface area contributed by atoms with E-state index in [1.165, 1.54) is 31.2 Å². The molecule has 0 aliphatic heterocycles. The lowest BCUT2D eigenvalue weighted by molar-refractivity contribution is -0.384. The molecule has 0 heterocycles. The molecule has 2 aromatic carbocycles. The van der Waals surface area contributed by atoms with Gasteiger partial charge in [0.05, 0.1) is 21.2 Å². The Morgan fingerprint density at radius 2 is 1.96 bits per heavy atom. The largest absolute Gasteiger partial charge is 0.449 e. The predicted octanol–water partition coefficient (Wildman–Crippen LogP) is 3.88. The lowest BCUT2D eigenvalue weighted by Crippen LogP contribution is -2.30. The van der Waals surface area contributed by atoms with E-state index in [1.807, 2.05) is 0 Å². The first-order chi connectivity index (χ1) is 12.2. The minimum atomic E-state index is -1.23. The first-order valence-electron chi connectivity index (χ1n) is 7.41. The summed E-state index contributed by atoms with van der Waals surface area (Å²) >= 11 is 5.90. The third-order valence-electron chi connectivity index (χ3n) is 3.48. The zero-order valence-corrected chi connectivity index (χ0v) is 14.5. The van der Waals surface area contributed by atoms with Crippen LogP contribution in [-0.4, -0.2) is 22.9 Å². The molecule has 9 heteroatoms. The van der Waals surface area contributed by atoms with Gasteiger partial charge >= 0.3 is 5.97 Å². The number of halogens is 2. The average molecular weight is 381 g/mol. The van der Waals surface area contributed by atoms with Gasteiger partial charge in [0.1, 0.15) is 5.82 Å². The number of carbonyl (C=O) groups excluding carboxylic acids is 2. The zero-order valence-electron chi connectivity index (χ0n) is 13.8.